The fraction of sp³-hybridized carbons (Fsp3) is 0.269. The van der Waals surface area contributed by atoms with Gasteiger partial charge in [0.1, 0.15) is 6.54 Å². The number of nitrogens with one attached hydrogen (secondary N) is 1. The number of benzene rings is 2. The first-order valence-corrected chi connectivity index (χ1v) is 11.6. The first-order valence-electron chi connectivity index (χ1n) is 11.6. The minimum atomic E-state index is -1.83. The van der Waals surface area contributed by atoms with E-state index >= 15 is 0 Å². The molecule has 2 aromatic carbocycles. The van der Waals surface area contributed by atoms with Crippen LogP contribution in [-0.4, -0.2) is 59.9 Å². The number of pyridine rings is 1. The molecule has 0 bridgehead atoms. The Morgan fingerprint density at radius 2 is 1.97 bits per heavy atom. The van der Waals surface area contributed by atoms with Gasteiger partial charge in [0, 0.05) is 30.5 Å². The average Bonchev–Trinajstić information content (AvgIpc) is 2.93. The molecule has 1 aliphatic rings. The lowest BCUT2D eigenvalue weighted by atomic mass is 10.1. The van der Waals surface area contributed by atoms with E-state index in [1.807, 2.05) is 6.07 Å². The number of fused-ring (bicyclic) bond motifs is 1. The molecule has 0 aliphatic carbocycles. The lowest BCUT2D eigenvalue weighted by Crippen LogP contribution is -2.55. The van der Waals surface area contributed by atoms with Crippen molar-refractivity contribution in [3.63, 3.8) is 0 Å². The van der Waals surface area contributed by atoms with Crippen LogP contribution in [0.15, 0.2) is 53.3 Å². The molecule has 12 nitrogen and oxygen atoms in total. The van der Waals surface area contributed by atoms with Gasteiger partial charge < -0.3 is 30.5 Å². The van der Waals surface area contributed by atoms with Crippen LogP contribution in [-0.2, 0) is 36.9 Å². The lowest BCUT2D eigenvalue weighted by molar-refractivity contribution is -0.150. The normalized spacial score (nSPS) is 15.7. The van der Waals surface area contributed by atoms with Crippen LogP contribution in [0.1, 0.15) is 11.1 Å². The molecular weight excluding hydrogens is 530 g/mol. The molecule has 4 N–H and O–H groups in total. The van der Waals surface area contributed by atoms with E-state index in [9.17, 15) is 24.3 Å². The molecule has 1 aromatic heterocycles. The van der Waals surface area contributed by atoms with Crippen molar-refractivity contribution in [2.45, 2.75) is 25.3 Å². The zero-order valence-corrected chi connectivity index (χ0v) is 21.6. The van der Waals surface area contributed by atoms with Gasteiger partial charge >= 0.3 is 5.97 Å². The first kappa shape index (κ1) is 29.3. The third-order valence-electron chi connectivity index (χ3n) is 6.19. The predicted molar refractivity (Wildman–Crippen MR) is 143 cm³/mol. The number of nitrogens with zero attached hydrogens (tertiary/aromatic N) is 3. The van der Waals surface area contributed by atoms with E-state index in [-0.39, 0.29) is 38.6 Å². The molecule has 0 saturated carbocycles. The number of nitriles is 1. The van der Waals surface area contributed by atoms with Gasteiger partial charge in [-0.25, -0.2) is 0 Å². The Bertz CT molecular complexity index is 1520. The molecule has 1 saturated heterocycles. The van der Waals surface area contributed by atoms with Gasteiger partial charge in [0.2, 0.25) is 0 Å². The number of esters is 1. The average molecular weight is 556 g/mol. The monoisotopic (exact) mass is 555 g/mol. The van der Waals surface area contributed by atoms with Gasteiger partial charge in [-0.2, -0.15) is 5.26 Å². The minimum Gasteiger partial charge on any atom is -0.468 e. The Morgan fingerprint density at radius 1 is 1.23 bits per heavy atom. The molecule has 2 amide bonds. The highest BCUT2D eigenvalue weighted by atomic mass is 35.5. The molecule has 13 heteroatoms. The summed E-state index contributed by atoms with van der Waals surface area (Å²) in [7, 11) is 1.22. The number of aromatic nitrogens is 1. The Balaban J connectivity index is 0.00000420. The molecule has 2 atom stereocenters. The third-order valence-corrected chi connectivity index (χ3v) is 6.19. The van der Waals surface area contributed by atoms with Crippen molar-refractivity contribution in [2.75, 3.05) is 30.5 Å². The molecule has 2 heterocycles. The van der Waals surface area contributed by atoms with Crippen molar-refractivity contribution < 1.29 is 29.0 Å². The Hall–Kier alpha value is -4.28. The smallest absolute Gasteiger partial charge is 0.325 e. The summed E-state index contributed by atoms with van der Waals surface area (Å²) < 4.78 is 11.4. The number of hydrogen-bond acceptors (Lipinski definition) is 9. The van der Waals surface area contributed by atoms with Gasteiger partial charge in [0.05, 0.1) is 30.9 Å². The van der Waals surface area contributed by atoms with Crippen molar-refractivity contribution in [3.05, 3.63) is 70.0 Å². The summed E-state index contributed by atoms with van der Waals surface area (Å²) in [6.07, 6.45) is -3.32. The maximum Gasteiger partial charge on any atom is 0.325 e. The summed E-state index contributed by atoms with van der Waals surface area (Å²) in [5.74, 6) is -2.13. The van der Waals surface area contributed by atoms with Crippen molar-refractivity contribution in [2.24, 2.45) is 5.73 Å². The molecule has 0 spiro atoms. The fourth-order valence-corrected chi connectivity index (χ4v) is 4.19. The number of methoxy groups -OCH3 is 1. The largest absolute Gasteiger partial charge is 0.468 e. The molecule has 1 aliphatic heterocycles. The van der Waals surface area contributed by atoms with E-state index in [2.05, 4.69) is 10.1 Å². The second-order valence-corrected chi connectivity index (χ2v) is 8.48. The maximum absolute atomic E-state index is 13.3. The van der Waals surface area contributed by atoms with Crippen LogP contribution in [0.5, 0.6) is 0 Å². The van der Waals surface area contributed by atoms with E-state index < -0.39 is 35.6 Å². The number of anilines is 2. The summed E-state index contributed by atoms with van der Waals surface area (Å²) >= 11 is 0. The number of amides is 2. The van der Waals surface area contributed by atoms with Crippen LogP contribution < -0.4 is 21.5 Å². The van der Waals surface area contributed by atoms with Gasteiger partial charge in [-0.1, -0.05) is 6.07 Å². The summed E-state index contributed by atoms with van der Waals surface area (Å²) in [5.41, 5.74) is 7.21. The van der Waals surface area contributed by atoms with Crippen molar-refractivity contribution in [1.82, 2.24) is 4.57 Å². The predicted octanol–water partition coefficient (Wildman–Crippen LogP) is 0.658. The van der Waals surface area contributed by atoms with Gasteiger partial charge in [-0.05, 0) is 47.3 Å². The number of halogens is 1. The number of carbonyl (C=O) groups is 3. The van der Waals surface area contributed by atoms with Crippen LogP contribution >= 0.6 is 12.4 Å². The number of carbonyl (C=O) groups excluding carboxylic acids is 3. The Labute approximate surface area is 228 Å². The summed E-state index contributed by atoms with van der Waals surface area (Å²) in [6.45, 7) is -0.0566. The zero-order valence-electron chi connectivity index (χ0n) is 20.8. The second-order valence-electron chi connectivity index (χ2n) is 8.48. The first-order chi connectivity index (χ1) is 18.3. The summed E-state index contributed by atoms with van der Waals surface area (Å²) in [6, 6.07) is 14.4. The van der Waals surface area contributed by atoms with Crippen LogP contribution in [0.25, 0.3) is 10.9 Å². The zero-order chi connectivity index (χ0) is 27.4. The van der Waals surface area contributed by atoms with E-state index in [0.717, 1.165) is 0 Å². The third kappa shape index (κ3) is 6.08. The van der Waals surface area contributed by atoms with E-state index in [0.29, 0.717) is 33.4 Å². The van der Waals surface area contributed by atoms with Gasteiger partial charge in [-0.15, -0.1) is 12.4 Å². The highest BCUT2D eigenvalue weighted by Crippen LogP contribution is 2.25. The molecule has 3 aromatic rings. The summed E-state index contributed by atoms with van der Waals surface area (Å²) in [4.78, 5) is 51.7. The molecule has 204 valence electrons. The second kappa shape index (κ2) is 12.5. The van der Waals surface area contributed by atoms with Crippen LogP contribution in [0, 0.1) is 11.3 Å². The number of aliphatic hydroxyl groups excluding tert-OH is 1. The van der Waals surface area contributed by atoms with Gasteiger partial charge in [0.15, 0.2) is 12.2 Å². The van der Waals surface area contributed by atoms with Crippen molar-refractivity contribution in [3.8, 4) is 6.07 Å². The SMILES string of the molecule is COC(=O)Cn1c(=O)ccc2ccc(N3CCO[C@H]([C@@H](O)C(=O)Nc4ccc(C#N)c(CN)c4)C3=O)cc21.Cl. The highest BCUT2D eigenvalue weighted by Gasteiger charge is 2.39. The fourth-order valence-electron chi connectivity index (χ4n) is 4.19. The Kier molecular flexibility index (Phi) is 9.39. The number of rotatable bonds is 7. The minimum absolute atomic E-state index is 0. The number of ether oxygens (including phenoxy) is 2. The topological polar surface area (TPSA) is 177 Å². The molecule has 4 rings (SSSR count). The molecule has 0 radical (unpaired) electrons. The van der Waals surface area contributed by atoms with Crippen LogP contribution in [0.3, 0.4) is 0 Å². The maximum atomic E-state index is 13.3. The molecule has 39 heavy (non-hydrogen) atoms. The number of nitrogens with two attached hydrogens (primary N) is 1. The number of hydrogen-bond donors (Lipinski definition) is 3. The Morgan fingerprint density at radius 3 is 2.67 bits per heavy atom. The van der Waals surface area contributed by atoms with Crippen LogP contribution in [0.4, 0.5) is 11.4 Å². The number of aliphatic hydroxyl groups is 1. The lowest BCUT2D eigenvalue weighted by Gasteiger charge is -2.34. The molecule has 0 unspecified atom stereocenters. The van der Waals surface area contributed by atoms with Gasteiger partial charge in [-0.3, -0.25) is 23.7 Å². The van der Waals surface area contributed by atoms with Crippen molar-refractivity contribution in [1.29, 1.82) is 5.26 Å². The highest BCUT2D eigenvalue weighted by molar-refractivity contribution is 6.04. The van der Waals surface area contributed by atoms with Crippen LogP contribution in [0.2, 0.25) is 0 Å². The molecular formula is C26H26ClN5O7. The van der Waals surface area contributed by atoms with Gasteiger partial charge in [0.25, 0.3) is 17.4 Å². The van der Waals surface area contributed by atoms with Crippen molar-refractivity contribution >= 4 is 52.5 Å². The van der Waals surface area contributed by atoms with E-state index in [1.54, 1.807) is 24.3 Å². The number of morpholine rings is 1. The van der Waals surface area contributed by atoms with E-state index in [1.165, 1.54) is 40.8 Å². The standard InChI is InChI=1S/C26H25N5O7.ClH/c1-37-22(33)14-31-20-11-19(6-3-15(20)4-7-21(31)32)30-8-9-38-24(26(30)36)23(34)25(35)29-18-5-2-16(12-27)17(10-18)13-28;/h2-7,10-11,23-24,34H,8-9,13-14,28H2,1H3,(H,29,35);1H/t23-,24-;/m1./s1. The molecule has 1 fully saturated rings. The summed E-state index contributed by atoms with van der Waals surface area (Å²) in [5, 5.41) is 23.0. The van der Waals surface area contributed by atoms with E-state index in [4.69, 9.17) is 15.7 Å². The quantitative estimate of drug-likeness (QED) is 0.353.